The van der Waals surface area contributed by atoms with Crippen molar-refractivity contribution in [3.63, 3.8) is 0 Å². The number of nitrogens with zero attached hydrogens (tertiary/aromatic N) is 2. The number of halogens is 1. The first-order valence-corrected chi connectivity index (χ1v) is 7.08. The topological polar surface area (TPSA) is 44.2 Å². The van der Waals surface area contributed by atoms with Crippen molar-refractivity contribution in [3.05, 3.63) is 0 Å². The van der Waals surface area contributed by atoms with Crippen molar-refractivity contribution in [1.82, 2.24) is 8.75 Å². The Bertz CT molecular complexity index is 486. The summed E-state index contributed by atoms with van der Waals surface area (Å²) in [5.74, 6) is 7.54. The van der Waals surface area contributed by atoms with E-state index in [4.69, 9.17) is 9.47 Å². The zero-order valence-corrected chi connectivity index (χ0v) is 12.5. The molecule has 0 unspecified atom stereocenters. The zero-order valence-electron chi connectivity index (χ0n) is 10.8. The quantitative estimate of drug-likeness (QED) is 0.802. The SMILES string of the molecule is CC#CCOc1nsnc1OC12CCC(CC1)C2.Cl. The van der Waals surface area contributed by atoms with Crippen molar-refractivity contribution >= 4 is 24.1 Å². The van der Waals surface area contributed by atoms with Gasteiger partial charge in [0.1, 0.15) is 5.60 Å². The molecular formula is C13H17ClN2O2S. The lowest BCUT2D eigenvalue weighted by Crippen LogP contribution is -2.30. The van der Waals surface area contributed by atoms with Crippen LogP contribution in [0.1, 0.15) is 39.0 Å². The van der Waals surface area contributed by atoms with Gasteiger partial charge in [-0.1, -0.05) is 5.92 Å². The minimum atomic E-state index is 0. The van der Waals surface area contributed by atoms with Gasteiger partial charge in [-0.15, -0.1) is 27.1 Å². The maximum Gasteiger partial charge on any atom is 0.292 e. The molecule has 19 heavy (non-hydrogen) atoms. The van der Waals surface area contributed by atoms with Crippen molar-refractivity contribution in [1.29, 1.82) is 0 Å². The number of fused-ring (bicyclic) bond motifs is 2. The summed E-state index contributed by atoms with van der Waals surface area (Å²) in [6.45, 7) is 2.13. The summed E-state index contributed by atoms with van der Waals surface area (Å²) in [7, 11) is 0. The van der Waals surface area contributed by atoms with Crippen LogP contribution in [0.5, 0.6) is 11.8 Å². The second-order valence-corrected chi connectivity index (χ2v) is 5.55. The second-order valence-electron chi connectivity index (χ2n) is 5.02. The molecule has 1 aromatic heterocycles. The van der Waals surface area contributed by atoms with E-state index in [0.29, 0.717) is 18.4 Å². The van der Waals surface area contributed by atoms with Gasteiger partial charge >= 0.3 is 0 Å². The smallest absolute Gasteiger partial charge is 0.292 e. The fourth-order valence-corrected chi connectivity index (χ4v) is 3.42. The third kappa shape index (κ3) is 2.96. The minimum Gasteiger partial charge on any atom is -0.467 e. The number of hydrogen-bond acceptors (Lipinski definition) is 5. The van der Waals surface area contributed by atoms with E-state index in [-0.39, 0.29) is 18.0 Å². The predicted molar refractivity (Wildman–Crippen MR) is 76.0 cm³/mol. The van der Waals surface area contributed by atoms with Gasteiger partial charge in [0.05, 0.1) is 11.7 Å². The molecule has 4 nitrogen and oxygen atoms in total. The molecule has 0 N–H and O–H groups in total. The number of aromatic nitrogens is 2. The van der Waals surface area contributed by atoms with Gasteiger partial charge in [0.15, 0.2) is 6.61 Å². The minimum absolute atomic E-state index is 0. The fraction of sp³-hybridized carbons (Fsp3) is 0.692. The summed E-state index contributed by atoms with van der Waals surface area (Å²) in [5.41, 5.74) is 0.00889. The molecule has 0 atom stereocenters. The van der Waals surface area contributed by atoms with Crippen LogP contribution in [0.3, 0.4) is 0 Å². The van der Waals surface area contributed by atoms with Gasteiger partial charge in [0.25, 0.3) is 11.8 Å². The molecule has 0 amide bonds. The maximum absolute atomic E-state index is 6.12. The Morgan fingerprint density at radius 2 is 2.05 bits per heavy atom. The van der Waals surface area contributed by atoms with Crippen LogP contribution in [0, 0.1) is 17.8 Å². The van der Waals surface area contributed by atoms with Crippen LogP contribution < -0.4 is 9.47 Å². The van der Waals surface area contributed by atoms with Gasteiger partial charge in [-0.2, -0.15) is 0 Å². The molecule has 2 fully saturated rings. The van der Waals surface area contributed by atoms with E-state index in [1.165, 1.54) is 19.3 Å². The summed E-state index contributed by atoms with van der Waals surface area (Å²) < 4.78 is 19.9. The zero-order chi connectivity index (χ0) is 12.4. The van der Waals surface area contributed by atoms with Gasteiger partial charge in [0.2, 0.25) is 0 Å². The monoisotopic (exact) mass is 300 g/mol. The van der Waals surface area contributed by atoms with Crippen molar-refractivity contribution in [2.45, 2.75) is 44.6 Å². The van der Waals surface area contributed by atoms with E-state index in [9.17, 15) is 0 Å². The average molecular weight is 301 g/mol. The largest absolute Gasteiger partial charge is 0.467 e. The third-order valence-electron chi connectivity index (χ3n) is 3.88. The number of rotatable bonds is 4. The lowest BCUT2D eigenvalue weighted by atomic mass is 9.97. The van der Waals surface area contributed by atoms with E-state index >= 15 is 0 Å². The molecule has 6 heteroatoms. The Hall–Kier alpha value is -0.990. The molecule has 2 aliphatic rings. The van der Waals surface area contributed by atoms with E-state index < -0.39 is 0 Å². The Balaban J connectivity index is 0.00000133. The highest BCUT2D eigenvalue weighted by atomic mass is 35.5. The van der Waals surface area contributed by atoms with Gasteiger partial charge in [0, 0.05) is 0 Å². The van der Waals surface area contributed by atoms with Gasteiger partial charge in [-0.25, -0.2) is 0 Å². The number of hydrogen-bond donors (Lipinski definition) is 0. The van der Waals surface area contributed by atoms with Crippen LogP contribution >= 0.6 is 24.1 Å². The molecular weight excluding hydrogens is 284 g/mol. The van der Waals surface area contributed by atoms with Crippen molar-refractivity contribution in [2.75, 3.05) is 6.61 Å². The molecule has 0 spiro atoms. The molecule has 1 heterocycles. The van der Waals surface area contributed by atoms with E-state index in [1.807, 2.05) is 0 Å². The first kappa shape index (κ1) is 14.4. The summed E-state index contributed by atoms with van der Waals surface area (Å²) in [5, 5.41) is 0. The molecule has 1 aromatic rings. The Morgan fingerprint density at radius 1 is 1.32 bits per heavy atom. The molecule has 104 valence electrons. The Kier molecular flexibility index (Phi) is 4.54. The highest BCUT2D eigenvalue weighted by Gasteiger charge is 2.47. The Labute approximate surface area is 123 Å². The van der Waals surface area contributed by atoms with E-state index in [0.717, 1.165) is 30.5 Å². The van der Waals surface area contributed by atoms with Crippen LogP contribution in [0.25, 0.3) is 0 Å². The molecule has 2 saturated carbocycles. The van der Waals surface area contributed by atoms with E-state index in [1.54, 1.807) is 6.92 Å². The van der Waals surface area contributed by atoms with Crippen LogP contribution in [0.2, 0.25) is 0 Å². The predicted octanol–water partition coefficient (Wildman–Crippen LogP) is 3.07. The lowest BCUT2D eigenvalue weighted by Gasteiger charge is -2.26. The van der Waals surface area contributed by atoms with Crippen LogP contribution in [0.15, 0.2) is 0 Å². The molecule has 2 bridgehead atoms. The van der Waals surface area contributed by atoms with Crippen molar-refractivity contribution in [2.24, 2.45) is 5.92 Å². The summed E-state index contributed by atoms with van der Waals surface area (Å²) in [6.07, 6.45) is 6.02. The fourth-order valence-electron chi connectivity index (χ4n) is 2.99. The number of ether oxygens (including phenoxy) is 2. The van der Waals surface area contributed by atoms with Crippen molar-refractivity contribution in [3.8, 4) is 23.6 Å². The second kappa shape index (κ2) is 5.98. The van der Waals surface area contributed by atoms with E-state index in [2.05, 4.69) is 20.6 Å². The molecule has 0 aliphatic heterocycles. The molecule has 3 rings (SSSR count). The third-order valence-corrected chi connectivity index (χ3v) is 4.37. The van der Waals surface area contributed by atoms with Crippen LogP contribution in [0.4, 0.5) is 0 Å². The first-order valence-electron chi connectivity index (χ1n) is 6.35. The van der Waals surface area contributed by atoms with Crippen molar-refractivity contribution < 1.29 is 9.47 Å². The molecule has 0 saturated heterocycles. The lowest BCUT2D eigenvalue weighted by molar-refractivity contribution is 0.0713. The van der Waals surface area contributed by atoms with Gasteiger partial charge in [-0.3, -0.25) is 0 Å². The first-order chi connectivity index (χ1) is 8.81. The summed E-state index contributed by atoms with van der Waals surface area (Å²) in [6, 6.07) is 0. The highest BCUT2D eigenvalue weighted by Crippen LogP contribution is 2.50. The van der Waals surface area contributed by atoms with Gasteiger partial charge in [-0.05, 0) is 44.9 Å². The summed E-state index contributed by atoms with van der Waals surface area (Å²) >= 11 is 1.13. The normalized spacial score (nSPS) is 27.3. The van der Waals surface area contributed by atoms with Gasteiger partial charge < -0.3 is 9.47 Å². The standard InChI is InChI=1S/C13H16N2O2S.ClH/c1-2-3-8-16-11-12(15-18-14-11)17-13-6-4-10(9-13)5-7-13;/h10H,4-9H2,1H3;1H. The average Bonchev–Trinajstić information content (AvgIpc) is 3.06. The Morgan fingerprint density at radius 3 is 2.68 bits per heavy atom. The summed E-state index contributed by atoms with van der Waals surface area (Å²) in [4.78, 5) is 0. The highest BCUT2D eigenvalue weighted by molar-refractivity contribution is 6.99. The molecule has 2 aliphatic carbocycles. The molecule has 0 aromatic carbocycles. The van der Waals surface area contributed by atoms with Crippen LogP contribution in [-0.4, -0.2) is 21.0 Å². The maximum atomic E-state index is 6.12. The van der Waals surface area contributed by atoms with Crippen LogP contribution in [-0.2, 0) is 0 Å². The molecule has 0 radical (unpaired) electrons.